The van der Waals surface area contributed by atoms with Crippen molar-refractivity contribution in [2.75, 3.05) is 0 Å². The number of benzene rings is 1. The van der Waals surface area contributed by atoms with Crippen LogP contribution in [0.2, 0.25) is 0 Å². The fourth-order valence-corrected chi connectivity index (χ4v) is 1.66. The first-order chi connectivity index (χ1) is 7.09. The van der Waals surface area contributed by atoms with Crippen molar-refractivity contribution in [1.29, 1.82) is 0 Å². The number of hydrogen-bond donors (Lipinski definition) is 2. The van der Waals surface area contributed by atoms with E-state index in [0.717, 1.165) is 11.8 Å². The molecule has 4 nitrogen and oxygen atoms in total. The number of rotatable bonds is 4. The Labute approximate surface area is 90.2 Å². The first kappa shape index (κ1) is 11.3. The van der Waals surface area contributed by atoms with Gasteiger partial charge in [0.05, 0.1) is 0 Å². The fourth-order valence-electron chi connectivity index (χ4n) is 0.863. The van der Waals surface area contributed by atoms with Gasteiger partial charge in [-0.1, -0.05) is 30.0 Å². The molecule has 0 saturated carbocycles. The summed E-state index contributed by atoms with van der Waals surface area (Å²) in [5.41, 5.74) is 0. The molecule has 1 rings (SSSR count). The summed E-state index contributed by atoms with van der Waals surface area (Å²) in [6, 6.07) is 8.73. The highest BCUT2D eigenvalue weighted by Crippen LogP contribution is 2.26. The zero-order valence-corrected chi connectivity index (χ0v) is 8.40. The van der Waals surface area contributed by atoms with Crippen molar-refractivity contribution in [3.63, 3.8) is 0 Å². The van der Waals surface area contributed by atoms with E-state index in [1.165, 1.54) is 0 Å². The van der Waals surface area contributed by atoms with Crippen molar-refractivity contribution in [3.05, 3.63) is 41.3 Å². The molecule has 0 aliphatic heterocycles. The summed E-state index contributed by atoms with van der Waals surface area (Å²) in [6.45, 7) is 0. The highest BCUT2D eigenvalue weighted by atomic mass is 32.2. The van der Waals surface area contributed by atoms with Crippen LogP contribution in [0, 0.1) is 0 Å². The van der Waals surface area contributed by atoms with Gasteiger partial charge in [-0.25, -0.2) is 9.59 Å². The van der Waals surface area contributed by atoms with Crippen LogP contribution in [-0.4, -0.2) is 22.2 Å². The number of carboxylic acids is 2. The summed E-state index contributed by atoms with van der Waals surface area (Å²) in [4.78, 5) is 21.5. The van der Waals surface area contributed by atoms with Crippen LogP contribution < -0.4 is 0 Å². The van der Waals surface area contributed by atoms with Gasteiger partial charge < -0.3 is 10.2 Å². The normalized spacial score (nSPS) is 11.1. The Morgan fingerprint density at radius 2 is 1.73 bits per heavy atom. The van der Waals surface area contributed by atoms with Crippen LogP contribution in [0.1, 0.15) is 0 Å². The molecule has 78 valence electrons. The quantitative estimate of drug-likeness (QED) is 0.602. The zero-order chi connectivity index (χ0) is 11.3. The Balaban J connectivity index is 2.86. The summed E-state index contributed by atoms with van der Waals surface area (Å²) in [5.74, 6) is -2.51. The molecule has 0 bridgehead atoms. The van der Waals surface area contributed by atoms with E-state index in [2.05, 4.69) is 0 Å². The summed E-state index contributed by atoms with van der Waals surface area (Å²) in [5, 5.41) is 17.2. The van der Waals surface area contributed by atoms with Gasteiger partial charge in [0, 0.05) is 11.0 Å². The second kappa shape index (κ2) is 5.21. The van der Waals surface area contributed by atoms with E-state index < -0.39 is 11.9 Å². The van der Waals surface area contributed by atoms with Gasteiger partial charge >= 0.3 is 11.9 Å². The molecular weight excluding hydrogens is 216 g/mol. The predicted octanol–water partition coefficient (Wildman–Crippen LogP) is 1.83. The first-order valence-electron chi connectivity index (χ1n) is 4.00. The maximum Gasteiger partial charge on any atom is 0.342 e. The third kappa shape index (κ3) is 3.86. The average molecular weight is 224 g/mol. The monoisotopic (exact) mass is 224 g/mol. The van der Waals surface area contributed by atoms with Gasteiger partial charge in [0.2, 0.25) is 0 Å². The predicted molar refractivity (Wildman–Crippen MR) is 55.7 cm³/mol. The molecule has 15 heavy (non-hydrogen) atoms. The lowest BCUT2D eigenvalue weighted by Gasteiger charge is -2.00. The van der Waals surface area contributed by atoms with Crippen LogP contribution in [0.3, 0.4) is 0 Å². The molecule has 0 spiro atoms. The smallest absolute Gasteiger partial charge is 0.342 e. The minimum Gasteiger partial charge on any atom is -0.478 e. The standard InChI is InChI=1S/C10H8O4S/c11-9(12)6-8(10(13)14)15-7-4-2-1-3-5-7/h1-6H,(H,11,12)(H,13,14). The molecule has 0 aliphatic rings. The lowest BCUT2D eigenvalue weighted by molar-refractivity contribution is -0.134. The van der Waals surface area contributed by atoms with Crippen LogP contribution in [0.25, 0.3) is 0 Å². The Kier molecular flexibility index (Phi) is 3.93. The highest BCUT2D eigenvalue weighted by molar-refractivity contribution is 8.04. The lowest BCUT2D eigenvalue weighted by atomic mass is 10.4. The summed E-state index contributed by atoms with van der Waals surface area (Å²) >= 11 is 0.906. The van der Waals surface area contributed by atoms with Crippen LogP contribution in [0.15, 0.2) is 46.2 Å². The second-order valence-electron chi connectivity index (χ2n) is 2.57. The summed E-state index contributed by atoms with van der Waals surface area (Å²) in [6.07, 6.45) is 0.681. The van der Waals surface area contributed by atoms with Gasteiger partial charge in [-0.2, -0.15) is 0 Å². The van der Waals surface area contributed by atoms with Gasteiger partial charge in [0.15, 0.2) is 0 Å². The molecule has 0 aromatic heterocycles. The van der Waals surface area contributed by atoms with Crippen molar-refractivity contribution in [2.45, 2.75) is 4.90 Å². The highest BCUT2D eigenvalue weighted by Gasteiger charge is 2.10. The Morgan fingerprint density at radius 3 is 2.20 bits per heavy atom. The zero-order valence-electron chi connectivity index (χ0n) is 7.58. The van der Waals surface area contributed by atoms with Gasteiger partial charge in [0.25, 0.3) is 0 Å². The molecule has 0 aliphatic carbocycles. The lowest BCUT2D eigenvalue weighted by Crippen LogP contribution is -2.00. The number of carboxylic acid groups (broad SMARTS) is 2. The Morgan fingerprint density at radius 1 is 1.13 bits per heavy atom. The van der Waals surface area contributed by atoms with Crippen LogP contribution in [0.4, 0.5) is 0 Å². The molecule has 0 radical (unpaired) electrons. The minimum atomic E-state index is -1.27. The number of carbonyl (C=O) groups is 2. The molecule has 1 aromatic carbocycles. The van der Waals surface area contributed by atoms with E-state index in [1.54, 1.807) is 30.3 Å². The van der Waals surface area contributed by atoms with Gasteiger partial charge in [0.1, 0.15) is 4.91 Å². The van der Waals surface area contributed by atoms with Crippen molar-refractivity contribution in [2.24, 2.45) is 0 Å². The van der Waals surface area contributed by atoms with Crippen molar-refractivity contribution < 1.29 is 19.8 Å². The molecule has 0 amide bonds. The number of aliphatic carboxylic acids is 2. The molecule has 0 atom stereocenters. The molecule has 0 fully saturated rings. The van der Waals surface area contributed by atoms with Crippen molar-refractivity contribution >= 4 is 23.7 Å². The maximum atomic E-state index is 10.7. The number of thioether (sulfide) groups is 1. The van der Waals surface area contributed by atoms with Gasteiger partial charge in [-0.15, -0.1) is 0 Å². The van der Waals surface area contributed by atoms with E-state index >= 15 is 0 Å². The van der Waals surface area contributed by atoms with Crippen LogP contribution in [0.5, 0.6) is 0 Å². The largest absolute Gasteiger partial charge is 0.478 e. The minimum absolute atomic E-state index is 0.214. The van der Waals surface area contributed by atoms with E-state index in [1.807, 2.05) is 0 Å². The van der Waals surface area contributed by atoms with E-state index in [-0.39, 0.29) is 4.91 Å². The summed E-state index contributed by atoms with van der Waals surface area (Å²) < 4.78 is 0. The topological polar surface area (TPSA) is 74.6 Å². The Hall–Kier alpha value is -1.75. The maximum absolute atomic E-state index is 10.7. The SMILES string of the molecule is O=C(O)C=C(Sc1ccccc1)C(=O)O. The average Bonchev–Trinajstić information content (AvgIpc) is 2.17. The summed E-state index contributed by atoms with van der Waals surface area (Å²) in [7, 11) is 0. The molecule has 0 unspecified atom stereocenters. The third-order valence-corrected chi connectivity index (χ3v) is 2.46. The van der Waals surface area contributed by atoms with Gasteiger partial charge in [-0.3, -0.25) is 0 Å². The van der Waals surface area contributed by atoms with Gasteiger partial charge in [-0.05, 0) is 12.1 Å². The van der Waals surface area contributed by atoms with E-state index in [4.69, 9.17) is 10.2 Å². The molecular formula is C10H8O4S. The molecule has 5 heteroatoms. The van der Waals surface area contributed by atoms with Crippen LogP contribution >= 0.6 is 11.8 Å². The molecule has 1 aromatic rings. The Bertz CT molecular complexity index is 397. The van der Waals surface area contributed by atoms with E-state index in [9.17, 15) is 9.59 Å². The molecule has 2 N–H and O–H groups in total. The van der Waals surface area contributed by atoms with Crippen molar-refractivity contribution in [1.82, 2.24) is 0 Å². The third-order valence-electron chi connectivity index (χ3n) is 1.44. The molecule has 0 saturated heterocycles. The second-order valence-corrected chi connectivity index (χ2v) is 3.68. The van der Waals surface area contributed by atoms with Crippen LogP contribution in [-0.2, 0) is 9.59 Å². The van der Waals surface area contributed by atoms with Crippen molar-refractivity contribution in [3.8, 4) is 0 Å². The molecule has 0 heterocycles. The first-order valence-corrected chi connectivity index (χ1v) is 4.82. The van der Waals surface area contributed by atoms with E-state index in [0.29, 0.717) is 11.0 Å². The number of hydrogen-bond acceptors (Lipinski definition) is 3. The fraction of sp³-hybridized carbons (Fsp3) is 0.